The highest BCUT2D eigenvalue weighted by atomic mass is 32.2. The summed E-state index contributed by atoms with van der Waals surface area (Å²) in [5, 5.41) is 12.8. The second kappa shape index (κ2) is 7.64. The lowest BCUT2D eigenvalue weighted by atomic mass is 9.96. The molecular formula is C15H24N4OS2. The third kappa shape index (κ3) is 4.35. The van der Waals surface area contributed by atoms with Gasteiger partial charge in [0.2, 0.25) is 11.0 Å². The van der Waals surface area contributed by atoms with Gasteiger partial charge in [0.25, 0.3) is 0 Å². The number of nitrogens with zero attached hydrogens (tertiary/aromatic N) is 3. The molecule has 2 fully saturated rings. The summed E-state index contributed by atoms with van der Waals surface area (Å²) in [6.45, 7) is 2.87. The third-order valence-corrected chi connectivity index (χ3v) is 6.28. The van der Waals surface area contributed by atoms with E-state index in [0.29, 0.717) is 17.8 Å². The van der Waals surface area contributed by atoms with Crippen LogP contribution < -0.4 is 5.32 Å². The van der Waals surface area contributed by atoms with Crippen LogP contribution in [0.15, 0.2) is 4.34 Å². The summed E-state index contributed by atoms with van der Waals surface area (Å²) >= 11 is 3.08. The van der Waals surface area contributed by atoms with E-state index >= 15 is 0 Å². The van der Waals surface area contributed by atoms with Crippen molar-refractivity contribution in [2.24, 2.45) is 0 Å². The fraction of sp³-hybridized carbons (Fsp3) is 0.800. The summed E-state index contributed by atoms with van der Waals surface area (Å²) in [5.41, 5.74) is 0. The standard InChI is InChI=1S/C15H24N4OS2/c1-2-19(12-8-9-12)13(20)10-21-15-18-17-14(22-15)16-11-6-4-3-5-7-11/h11-12H,2-10H2,1H3,(H,16,17). The Morgan fingerprint density at radius 2 is 2.05 bits per heavy atom. The smallest absolute Gasteiger partial charge is 0.233 e. The first-order chi connectivity index (χ1) is 10.8. The number of rotatable bonds is 7. The summed E-state index contributed by atoms with van der Waals surface area (Å²) in [6.07, 6.45) is 8.76. The number of carbonyl (C=O) groups is 1. The van der Waals surface area contributed by atoms with Crippen molar-refractivity contribution in [3.63, 3.8) is 0 Å². The van der Waals surface area contributed by atoms with Crippen LogP contribution in [0.4, 0.5) is 5.13 Å². The van der Waals surface area contributed by atoms with Gasteiger partial charge < -0.3 is 10.2 Å². The van der Waals surface area contributed by atoms with Crippen LogP contribution in [-0.2, 0) is 4.79 Å². The molecular weight excluding hydrogens is 316 g/mol. The molecule has 0 aromatic carbocycles. The summed E-state index contributed by atoms with van der Waals surface area (Å²) in [7, 11) is 0. The third-order valence-electron chi connectivity index (χ3n) is 4.31. The summed E-state index contributed by atoms with van der Waals surface area (Å²) in [5.74, 6) is 0.703. The maximum absolute atomic E-state index is 12.2. The van der Waals surface area contributed by atoms with Gasteiger partial charge in [-0.15, -0.1) is 10.2 Å². The van der Waals surface area contributed by atoms with E-state index in [9.17, 15) is 4.79 Å². The van der Waals surface area contributed by atoms with Crippen molar-refractivity contribution in [1.29, 1.82) is 0 Å². The Bertz CT molecular complexity index is 497. The van der Waals surface area contributed by atoms with Crippen molar-refractivity contribution in [2.75, 3.05) is 17.6 Å². The molecule has 2 saturated carbocycles. The van der Waals surface area contributed by atoms with Gasteiger partial charge in [0.05, 0.1) is 5.75 Å². The molecule has 22 heavy (non-hydrogen) atoms. The Morgan fingerprint density at radius 1 is 1.27 bits per heavy atom. The Hall–Kier alpha value is -0.820. The molecule has 2 aliphatic carbocycles. The number of aromatic nitrogens is 2. The Morgan fingerprint density at radius 3 is 2.73 bits per heavy atom. The van der Waals surface area contributed by atoms with Gasteiger partial charge in [0.15, 0.2) is 4.34 Å². The van der Waals surface area contributed by atoms with Crippen LogP contribution in [-0.4, -0.2) is 45.4 Å². The monoisotopic (exact) mass is 340 g/mol. The van der Waals surface area contributed by atoms with Crippen molar-refractivity contribution in [3.8, 4) is 0 Å². The second-order valence-electron chi connectivity index (χ2n) is 6.05. The number of hydrogen-bond donors (Lipinski definition) is 1. The summed E-state index contributed by atoms with van der Waals surface area (Å²) in [4.78, 5) is 14.2. The van der Waals surface area contributed by atoms with Crippen LogP contribution in [0.2, 0.25) is 0 Å². The first-order valence-corrected chi connectivity index (χ1v) is 10.1. The maximum atomic E-state index is 12.2. The average molecular weight is 341 g/mol. The van der Waals surface area contributed by atoms with E-state index in [1.165, 1.54) is 56.7 Å². The molecule has 1 aromatic heterocycles. The van der Waals surface area contributed by atoms with E-state index in [4.69, 9.17) is 0 Å². The molecule has 3 rings (SSSR count). The molecule has 0 radical (unpaired) electrons. The van der Waals surface area contributed by atoms with Gasteiger partial charge in [0, 0.05) is 18.6 Å². The van der Waals surface area contributed by atoms with Gasteiger partial charge in [-0.1, -0.05) is 42.4 Å². The lowest BCUT2D eigenvalue weighted by Gasteiger charge is -2.21. The fourth-order valence-corrected chi connectivity index (χ4v) is 4.69. The molecule has 1 N–H and O–H groups in total. The lowest BCUT2D eigenvalue weighted by Crippen LogP contribution is -2.34. The van der Waals surface area contributed by atoms with E-state index in [-0.39, 0.29) is 5.91 Å². The van der Waals surface area contributed by atoms with Crippen LogP contribution in [0.1, 0.15) is 51.9 Å². The highest BCUT2D eigenvalue weighted by molar-refractivity contribution is 8.01. The molecule has 0 spiro atoms. The highest BCUT2D eigenvalue weighted by Crippen LogP contribution is 2.30. The zero-order chi connectivity index (χ0) is 15.4. The molecule has 0 bridgehead atoms. The van der Waals surface area contributed by atoms with E-state index in [2.05, 4.69) is 22.4 Å². The van der Waals surface area contributed by atoms with Crippen molar-refractivity contribution in [3.05, 3.63) is 0 Å². The van der Waals surface area contributed by atoms with Gasteiger partial charge in [-0.3, -0.25) is 4.79 Å². The molecule has 0 atom stereocenters. The Labute approximate surface area is 140 Å². The minimum absolute atomic E-state index is 0.229. The highest BCUT2D eigenvalue weighted by Gasteiger charge is 2.31. The zero-order valence-electron chi connectivity index (χ0n) is 13.1. The largest absolute Gasteiger partial charge is 0.357 e. The van der Waals surface area contributed by atoms with Gasteiger partial charge in [-0.25, -0.2) is 0 Å². The van der Waals surface area contributed by atoms with Crippen molar-refractivity contribution in [2.45, 2.75) is 68.3 Å². The molecule has 1 amide bonds. The predicted octanol–water partition coefficient (Wildman–Crippen LogP) is 3.39. The number of thioether (sulfide) groups is 1. The minimum Gasteiger partial charge on any atom is -0.357 e. The Balaban J connectivity index is 1.45. The molecule has 1 heterocycles. The molecule has 0 unspecified atom stereocenters. The van der Waals surface area contributed by atoms with Gasteiger partial charge >= 0.3 is 0 Å². The van der Waals surface area contributed by atoms with Crippen LogP contribution >= 0.6 is 23.1 Å². The van der Waals surface area contributed by atoms with E-state index < -0.39 is 0 Å². The van der Waals surface area contributed by atoms with Gasteiger partial charge in [-0.2, -0.15) is 0 Å². The van der Waals surface area contributed by atoms with Crippen molar-refractivity contribution in [1.82, 2.24) is 15.1 Å². The molecule has 2 aliphatic rings. The van der Waals surface area contributed by atoms with Crippen LogP contribution in [0.25, 0.3) is 0 Å². The predicted molar refractivity (Wildman–Crippen MR) is 91.5 cm³/mol. The summed E-state index contributed by atoms with van der Waals surface area (Å²) in [6, 6.07) is 1.04. The summed E-state index contributed by atoms with van der Waals surface area (Å²) < 4.78 is 0.888. The van der Waals surface area contributed by atoms with Crippen LogP contribution in [0, 0.1) is 0 Å². The van der Waals surface area contributed by atoms with E-state index in [1.54, 1.807) is 11.3 Å². The van der Waals surface area contributed by atoms with Crippen molar-refractivity contribution >= 4 is 34.1 Å². The second-order valence-corrected chi connectivity index (χ2v) is 8.25. The molecule has 5 nitrogen and oxygen atoms in total. The fourth-order valence-electron chi connectivity index (χ4n) is 2.98. The minimum atomic E-state index is 0.229. The van der Waals surface area contributed by atoms with Crippen LogP contribution in [0.3, 0.4) is 0 Å². The molecule has 122 valence electrons. The molecule has 0 saturated heterocycles. The van der Waals surface area contributed by atoms with E-state index in [1.807, 2.05) is 4.90 Å². The topological polar surface area (TPSA) is 58.1 Å². The average Bonchev–Trinajstić information content (AvgIpc) is 3.27. The number of amides is 1. The molecule has 0 aliphatic heterocycles. The number of nitrogens with one attached hydrogen (secondary N) is 1. The first kappa shape index (κ1) is 16.1. The molecule has 7 heteroatoms. The van der Waals surface area contributed by atoms with Crippen LogP contribution in [0.5, 0.6) is 0 Å². The number of anilines is 1. The maximum Gasteiger partial charge on any atom is 0.233 e. The van der Waals surface area contributed by atoms with Crippen molar-refractivity contribution < 1.29 is 4.79 Å². The number of hydrogen-bond acceptors (Lipinski definition) is 6. The number of carbonyl (C=O) groups excluding carboxylic acids is 1. The normalized spacial score (nSPS) is 19.1. The van der Waals surface area contributed by atoms with E-state index in [0.717, 1.165) is 16.0 Å². The SMILES string of the molecule is CCN(C(=O)CSc1nnc(NC2CCCCC2)s1)C1CC1. The zero-order valence-corrected chi connectivity index (χ0v) is 14.7. The lowest BCUT2D eigenvalue weighted by molar-refractivity contribution is -0.128. The first-order valence-electron chi connectivity index (χ1n) is 8.28. The Kier molecular flexibility index (Phi) is 5.57. The van der Waals surface area contributed by atoms with Gasteiger partial charge in [-0.05, 0) is 32.6 Å². The van der Waals surface area contributed by atoms with Gasteiger partial charge in [0.1, 0.15) is 0 Å². The quantitative estimate of drug-likeness (QED) is 0.771. The molecule has 1 aromatic rings.